The normalized spacial score (nSPS) is 38.1. The first kappa shape index (κ1) is 18.9. The van der Waals surface area contributed by atoms with Crippen LogP contribution in [-0.4, -0.2) is 60.3 Å². The molecule has 4 bridgehead atoms. The van der Waals surface area contributed by atoms with Gasteiger partial charge in [0.1, 0.15) is 5.75 Å². The van der Waals surface area contributed by atoms with Gasteiger partial charge in [0.25, 0.3) is 0 Å². The van der Waals surface area contributed by atoms with Crippen LogP contribution in [0.15, 0.2) is 24.3 Å². The van der Waals surface area contributed by atoms with Crippen LogP contribution < -0.4 is 4.74 Å². The fraction of sp³-hybridized carbons (Fsp3) is 0.750. The molecule has 1 saturated heterocycles. The standard InChI is InChI=1S/C24H36N2O2/c1-28-23-4-2-3-17(14-23)15-25-6-7-26(16-22(25)5-8-27)24-20-10-18-9-19(12-20)13-21(24)11-18/h2-4,14,18-22,24,27H,5-13,15-16H2,1H3/t18?,19?,20?,21?,22-,24?/m1/s1. The topological polar surface area (TPSA) is 35.9 Å². The van der Waals surface area contributed by atoms with Gasteiger partial charge in [-0.1, -0.05) is 12.1 Å². The van der Waals surface area contributed by atoms with E-state index in [0.717, 1.165) is 61.5 Å². The zero-order chi connectivity index (χ0) is 19.1. The van der Waals surface area contributed by atoms with Gasteiger partial charge in [0, 0.05) is 44.9 Å². The van der Waals surface area contributed by atoms with Gasteiger partial charge in [-0.15, -0.1) is 0 Å². The van der Waals surface area contributed by atoms with E-state index in [4.69, 9.17) is 4.74 Å². The van der Waals surface area contributed by atoms with E-state index >= 15 is 0 Å². The maximum absolute atomic E-state index is 9.72. The average molecular weight is 385 g/mol. The molecule has 0 amide bonds. The van der Waals surface area contributed by atoms with E-state index in [9.17, 15) is 5.11 Å². The molecule has 1 atom stereocenters. The van der Waals surface area contributed by atoms with Crippen molar-refractivity contribution >= 4 is 0 Å². The Morgan fingerprint density at radius 3 is 2.46 bits per heavy atom. The van der Waals surface area contributed by atoms with Crippen LogP contribution in [0.4, 0.5) is 0 Å². The van der Waals surface area contributed by atoms with Crippen molar-refractivity contribution in [2.24, 2.45) is 23.7 Å². The number of aliphatic hydroxyl groups is 1. The van der Waals surface area contributed by atoms with Gasteiger partial charge in [0.15, 0.2) is 0 Å². The Balaban J connectivity index is 1.27. The lowest BCUT2D eigenvalue weighted by molar-refractivity contribution is -0.0876. The fourth-order valence-corrected chi connectivity index (χ4v) is 7.32. The minimum atomic E-state index is 0.286. The van der Waals surface area contributed by atoms with Crippen molar-refractivity contribution in [3.63, 3.8) is 0 Å². The van der Waals surface area contributed by atoms with Crippen molar-refractivity contribution in [3.05, 3.63) is 29.8 Å². The van der Waals surface area contributed by atoms with Crippen LogP contribution in [0.5, 0.6) is 5.75 Å². The number of benzene rings is 1. The third kappa shape index (κ3) is 3.59. The summed E-state index contributed by atoms with van der Waals surface area (Å²) in [6.07, 6.45) is 8.38. The molecule has 4 saturated carbocycles. The van der Waals surface area contributed by atoms with Crippen LogP contribution in [-0.2, 0) is 6.54 Å². The average Bonchev–Trinajstić information content (AvgIpc) is 2.69. The highest BCUT2D eigenvalue weighted by atomic mass is 16.5. The lowest BCUT2D eigenvalue weighted by atomic mass is 9.53. The number of ether oxygens (including phenoxy) is 1. The molecular formula is C24H36N2O2. The zero-order valence-corrected chi connectivity index (χ0v) is 17.3. The summed E-state index contributed by atoms with van der Waals surface area (Å²) >= 11 is 0. The second-order valence-electron chi connectivity index (χ2n) is 9.90. The highest BCUT2D eigenvalue weighted by molar-refractivity contribution is 5.28. The van der Waals surface area contributed by atoms with Gasteiger partial charge in [-0.3, -0.25) is 9.80 Å². The van der Waals surface area contributed by atoms with Crippen molar-refractivity contribution in [1.82, 2.24) is 9.80 Å². The molecule has 1 aromatic carbocycles. The molecule has 5 fully saturated rings. The summed E-state index contributed by atoms with van der Waals surface area (Å²) in [4.78, 5) is 5.44. The number of rotatable bonds is 6. The predicted octanol–water partition coefficient (Wildman–Crippen LogP) is 3.39. The SMILES string of the molecule is COc1cccc(CN2CCN(C3C4CC5CC(C4)CC3C5)C[C@H]2CCO)c1. The highest BCUT2D eigenvalue weighted by Crippen LogP contribution is 2.55. The van der Waals surface area contributed by atoms with E-state index in [-0.39, 0.29) is 6.61 Å². The molecule has 1 heterocycles. The van der Waals surface area contributed by atoms with E-state index in [1.165, 1.54) is 44.2 Å². The Morgan fingerprint density at radius 1 is 1.04 bits per heavy atom. The molecule has 6 rings (SSSR count). The molecule has 4 heteroatoms. The molecule has 4 aliphatic carbocycles. The quantitative estimate of drug-likeness (QED) is 0.816. The third-order valence-electron chi connectivity index (χ3n) is 8.22. The van der Waals surface area contributed by atoms with Gasteiger partial charge in [-0.05, 0) is 79.9 Å². The molecule has 1 aliphatic heterocycles. The van der Waals surface area contributed by atoms with Crippen LogP contribution in [0.2, 0.25) is 0 Å². The molecule has 1 N–H and O–H groups in total. The number of piperazine rings is 1. The number of methoxy groups -OCH3 is 1. The van der Waals surface area contributed by atoms with E-state index in [1.807, 2.05) is 6.07 Å². The summed E-state index contributed by atoms with van der Waals surface area (Å²) in [7, 11) is 1.73. The Morgan fingerprint density at radius 2 is 1.79 bits per heavy atom. The van der Waals surface area contributed by atoms with E-state index in [1.54, 1.807) is 7.11 Å². The van der Waals surface area contributed by atoms with Gasteiger partial charge in [-0.2, -0.15) is 0 Å². The second kappa shape index (κ2) is 7.97. The second-order valence-corrected chi connectivity index (χ2v) is 9.90. The first-order chi connectivity index (χ1) is 13.7. The Hall–Kier alpha value is -1.10. The first-order valence-electron chi connectivity index (χ1n) is 11.5. The Kier molecular flexibility index (Phi) is 5.38. The molecule has 0 aromatic heterocycles. The van der Waals surface area contributed by atoms with Gasteiger partial charge in [0.2, 0.25) is 0 Å². The van der Waals surface area contributed by atoms with E-state index < -0.39 is 0 Å². The molecule has 0 unspecified atom stereocenters. The molecule has 28 heavy (non-hydrogen) atoms. The van der Waals surface area contributed by atoms with Crippen LogP contribution in [0.25, 0.3) is 0 Å². The number of nitrogens with zero attached hydrogens (tertiary/aromatic N) is 2. The highest BCUT2D eigenvalue weighted by Gasteiger charge is 2.50. The predicted molar refractivity (Wildman–Crippen MR) is 111 cm³/mol. The zero-order valence-electron chi connectivity index (χ0n) is 17.3. The molecule has 1 aromatic rings. The summed E-state index contributed by atoms with van der Waals surface area (Å²) in [5.41, 5.74) is 1.31. The maximum Gasteiger partial charge on any atom is 0.119 e. The van der Waals surface area contributed by atoms with Gasteiger partial charge < -0.3 is 9.84 Å². The summed E-state index contributed by atoms with van der Waals surface area (Å²) in [6.45, 7) is 4.69. The van der Waals surface area contributed by atoms with Crippen molar-refractivity contribution in [3.8, 4) is 5.75 Å². The molecule has 5 aliphatic rings. The van der Waals surface area contributed by atoms with Crippen molar-refractivity contribution < 1.29 is 9.84 Å². The van der Waals surface area contributed by atoms with Gasteiger partial charge >= 0.3 is 0 Å². The molecule has 4 nitrogen and oxygen atoms in total. The lowest BCUT2D eigenvalue weighted by Crippen LogP contribution is -2.62. The number of hydrogen-bond donors (Lipinski definition) is 1. The summed E-state index contributed by atoms with van der Waals surface area (Å²) < 4.78 is 5.40. The van der Waals surface area contributed by atoms with Gasteiger partial charge in [-0.25, -0.2) is 0 Å². The lowest BCUT2D eigenvalue weighted by Gasteiger charge is -2.59. The van der Waals surface area contributed by atoms with Gasteiger partial charge in [0.05, 0.1) is 7.11 Å². The van der Waals surface area contributed by atoms with E-state index in [0.29, 0.717) is 6.04 Å². The van der Waals surface area contributed by atoms with Crippen LogP contribution >= 0.6 is 0 Å². The Labute approximate surface area is 169 Å². The fourth-order valence-electron chi connectivity index (χ4n) is 7.32. The molecular weight excluding hydrogens is 348 g/mol. The van der Waals surface area contributed by atoms with E-state index in [2.05, 4.69) is 28.0 Å². The first-order valence-corrected chi connectivity index (χ1v) is 11.5. The Bertz CT molecular complexity index is 650. The largest absolute Gasteiger partial charge is 0.497 e. The monoisotopic (exact) mass is 384 g/mol. The molecule has 0 spiro atoms. The summed E-state index contributed by atoms with van der Waals surface area (Å²) in [5.74, 6) is 4.93. The molecule has 154 valence electrons. The maximum atomic E-state index is 9.72. The summed E-state index contributed by atoms with van der Waals surface area (Å²) in [6, 6.07) is 9.73. The number of hydrogen-bond acceptors (Lipinski definition) is 4. The van der Waals surface area contributed by atoms with Crippen LogP contribution in [0, 0.1) is 23.7 Å². The molecule has 0 radical (unpaired) electrons. The number of aliphatic hydroxyl groups excluding tert-OH is 1. The third-order valence-corrected chi connectivity index (χ3v) is 8.22. The minimum absolute atomic E-state index is 0.286. The summed E-state index contributed by atoms with van der Waals surface area (Å²) in [5, 5.41) is 9.72. The van der Waals surface area contributed by atoms with Crippen molar-refractivity contribution in [1.29, 1.82) is 0 Å². The van der Waals surface area contributed by atoms with Crippen LogP contribution in [0.3, 0.4) is 0 Å². The van der Waals surface area contributed by atoms with Crippen molar-refractivity contribution in [2.45, 2.75) is 57.2 Å². The van der Waals surface area contributed by atoms with Crippen molar-refractivity contribution in [2.75, 3.05) is 33.4 Å². The smallest absolute Gasteiger partial charge is 0.119 e. The van der Waals surface area contributed by atoms with Crippen LogP contribution in [0.1, 0.15) is 44.1 Å². The minimum Gasteiger partial charge on any atom is -0.497 e.